The quantitative estimate of drug-likeness (QED) is 0.0162. The number of hydrogen-bond donors (Lipinski definition) is 12. The van der Waals surface area contributed by atoms with Crippen molar-refractivity contribution < 1.29 is 0 Å². The first-order valence-electron chi connectivity index (χ1n) is 48.7. The van der Waals surface area contributed by atoms with Crippen LogP contribution in [0.15, 0.2) is 225 Å². The number of aromatic nitrogens is 10. The van der Waals surface area contributed by atoms with Gasteiger partial charge < -0.3 is 68.4 Å². The zero-order chi connectivity index (χ0) is 101. The van der Waals surface area contributed by atoms with E-state index >= 15 is 0 Å². The topological polar surface area (TPSA) is 475 Å². The number of nitriles is 2. The van der Waals surface area contributed by atoms with E-state index in [1.54, 1.807) is 0 Å². The third-order valence-electron chi connectivity index (χ3n) is 23.8. The lowest BCUT2D eigenvalue weighted by molar-refractivity contribution is 0.796. The number of anilines is 10. The maximum Gasteiger partial charge on any atom is 0.126 e. The fraction of sp³-hybridized carbons (Fsp3) is 0.299. The van der Waals surface area contributed by atoms with Crippen LogP contribution >= 0.6 is 0 Å². The molecule has 5 aromatic carbocycles. The fourth-order valence-electron chi connectivity index (χ4n) is 17.8. The SMILES string of the molecule is CNc1cc(C)cc(CCc2cc(C#N)cc(CCc3cc(C)cc(N)n3)c2)n1.Cc1cc(N)nc(CCc2cc(C#N)cc(CCCc3ccccn3)c2)c1.Cc1cc(N)nc(CCc2cc(CCCN)cc(CCc3cc(C)cc(N)n3)c2)c1.Cc1cc(N)nc(CCc2cc(CN)cc(CCc3cc(C)cc(N)n3)c2)c1.Cc1cc(N)nc(CCc2cc(N)cc(CCc3cc(C)cc(N)n3)c2)c1. The number of nitrogen functional groups attached to an aromatic ring is 9. The van der Waals surface area contributed by atoms with Crippen LogP contribution in [0.5, 0.6) is 0 Å². The number of nitrogens with zero attached hydrogens (tertiary/aromatic N) is 12. The molecule has 0 aliphatic rings. The zero-order valence-electron chi connectivity index (χ0n) is 83.8. The summed E-state index contributed by atoms with van der Waals surface area (Å²) in [6.45, 7) is 19.6. The van der Waals surface area contributed by atoms with Crippen LogP contribution in [-0.4, -0.2) is 63.4 Å². The predicted octanol–water partition coefficient (Wildman–Crippen LogP) is 18.8. The average molecular weight is 1880 g/mol. The van der Waals surface area contributed by atoms with Gasteiger partial charge in [0.25, 0.3) is 0 Å². The minimum Gasteiger partial charge on any atom is -0.399 e. The van der Waals surface area contributed by atoms with Gasteiger partial charge in [0.1, 0.15) is 52.4 Å². The molecule has 141 heavy (non-hydrogen) atoms. The third kappa shape index (κ3) is 37.4. The van der Waals surface area contributed by atoms with Crippen molar-refractivity contribution in [3.63, 3.8) is 0 Å². The molecule has 0 atom stereocenters. The Bertz CT molecular complexity index is 6390. The molecule has 10 heterocycles. The lowest BCUT2D eigenvalue weighted by atomic mass is 9.96. The van der Waals surface area contributed by atoms with E-state index in [1.807, 2.05) is 158 Å². The lowest BCUT2D eigenvalue weighted by Crippen LogP contribution is -2.04. The van der Waals surface area contributed by atoms with Gasteiger partial charge in [0.15, 0.2) is 0 Å². The number of benzene rings is 5. The van der Waals surface area contributed by atoms with Gasteiger partial charge in [-0.05, 0) is 491 Å². The highest BCUT2D eigenvalue weighted by molar-refractivity contribution is 5.49. The van der Waals surface area contributed by atoms with Crippen LogP contribution in [0, 0.1) is 85.0 Å². The van der Waals surface area contributed by atoms with Gasteiger partial charge in [0, 0.05) is 82.4 Å². The molecule has 0 saturated heterocycles. The van der Waals surface area contributed by atoms with E-state index < -0.39 is 0 Å². The van der Waals surface area contributed by atoms with Gasteiger partial charge in [-0.1, -0.05) is 60.7 Å². The molecule has 10 aromatic heterocycles. The lowest BCUT2D eigenvalue weighted by Gasteiger charge is -2.11. The molecule has 0 spiro atoms. The third-order valence-corrected chi connectivity index (χ3v) is 23.8. The molecule has 0 fully saturated rings. The van der Waals surface area contributed by atoms with Crippen LogP contribution in [0.4, 0.5) is 58.0 Å². The number of rotatable bonds is 36. The Morgan fingerprint density at radius 3 is 0.695 bits per heavy atom. The molecule has 0 saturated carbocycles. The van der Waals surface area contributed by atoms with E-state index in [1.165, 1.54) is 55.6 Å². The Labute approximate surface area is 833 Å². The van der Waals surface area contributed by atoms with E-state index in [-0.39, 0.29) is 0 Å². The summed E-state index contributed by atoms with van der Waals surface area (Å²) in [4.78, 5) is 44.5. The summed E-state index contributed by atoms with van der Waals surface area (Å²) >= 11 is 0. The molecule has 0 radical (unpaired) electrons. The van der Waals surface area contributed by atoms with Gasteiger partial charge in [-0.2, -0.15) is 10.5 Å². The molecular formula is C117H140N24. The Morgan fingerprint density at radius 2 is 0.461 bits per heavy atom. The monoisotopic (exact) mass is 1880 g/mol. The molecule has 728 valence electrons. The first-order valence-corrected chi connectivity index (χ1v) is 48.7. The second-order valence-electron chi connectivity index (χ2n) is 37.2. The standard InChI is InChI=1S/C25H33N5.C24H27N5.C23H29N5.C23H24N4.C22H27N5/c1-17-10-22(29-24(27)12-17)7-5-20-14-19(4-3-9-26)15-21(16-20)6-8-23-11-18(2)13-25(28)30-23;1-16-8-21(28-23(26)10-16)6-4-18-12-19(14-20(13-18)15-25)5-7-22-9-17(2)11-24(27-3)29-22;1-15-7-20(27-22(25)9-15)5-3-17-11-18(13-19(12-17)14-24)4-6-21-8-16(2)10-23(26)28-21;1-17-11-22(27-23(25)12-17)9-8-19-13-18(14-20(15-19)16-24)5-4-7-21-6-2-3-10-26-21;1-14-7-19(26-21(24)9-14)5-3-16-11-17(13-18(23)12-16)4-6-20-8-15(2)10-22(25)27-20/h10-16H,3-9,26H2,1-2H3,(H2,27,29)(H2,28,30);8-14H,4-7H2,1-3H3,(H2,26,28)(H,27,29);7-13H,3-6,14,24H2,1-2H3,(H2,25,27)(H2,26,28);2-3,6,10-15H,4-5,7-9H2,1H3,(H2,25,27);7-13H,3-6,23H2,1-2H3,(H2,24,26)(H2,25,27). The zero-order valence-corrected chi connectivity index (χ0v) is 83.8. The van der Waals surface area contributed by atoms with E-state index in [2.05, 4.69) is 203 Å². The summed E-state index contributed by atoms with van der Waals surface area (Å²) in [6.07, 6.45) is 22.3. The fourth-order valence-corrected chi connectivity index (χ4v) is 17.8. The molecule has 0 unspecified atom stereocenters. The van der Waals surface area contributed by atoms with E-state index in [0.29, 0.717) is 65.2 Å². The predicted molar refractivity (Wildman–Crippen MR) is 580 cm³/mol. The normalized spacial score (nSPS) is 10.8. The molecule has 0 aliphatic carbocycles. The van der Waals surface area contributed by atoms with Gasteiger partial charge in [-0.15, -0.1) is 0 Å². The minimum absolute atomic E-state index is 0.534. The molecule has 0 aliphatic heterocycles. The molecule has 0 amide bonds. The first-order chi connectivity index (χ1) is 67.7. The Morgan fingerprint density at radius 1 is 0.234 bits per heavy atom. The molecule has 15 aromatic rings. The average Bonchev–Trinajstić information content (AvgIpc) is 0.886. The summed E-state index contributed by atoms with van der Waals surface area (Å²) in [5, 5.41) is 21.9. The van der Waals surface area contributed by atoms with Crippen LogP contribution in [-0.2, 0) is 141 Å². The van der Waals surface area contributed by atoms with Gasteiger partial charge in [0.2, 0.25) is 0 Å². The smallest absolute Gasteiger partial charge is 0.126 e. The van der Waals surface area contributed by atoms with Crippen molar-refractivity contribution >= 4 is 58.0 Å². The van der Waals surface area contributed by atoms with Gasteiger partial charge in [-0.25, -0.2) is 44.9 Å². The van der Waals surface area contributed by atoms with Crippen molar-refractivity contribution in [1.29, 1.82) is 10.5 Å². The summed E-state index contributed by atoms with van der Waals surface area (Å²) < 4.78 is 0. The van der Waals surface area contributed by atoms with Crippen LogP contribution in [0.1, 0.15) is 198 Å². The van der Waals surface area contributed by atoms with Crippen LogP contribution in [0.25, 0.3) is 0 Å². The van der Waals surface area contributed by atoms with Crippen LogP contribution in [0.3, 0.4) is 0 Å². The van der Waals surface area contributed by atoms with Crippen molar-refractivity contribution in [2.75, 3.05) is 70.5 Å². The molecule has 24 heteroatoms. The summed E-state index contributed by atoms with van der Waals surface area (Å²) in [6, 6.07) is 78.7. The Kier molecular flexibility index (Phi) is 40.2. The first kappa shape index (κ1) is 106. The number of nitrogens with one attached hydrogen (secondary N) is 1. The number of pyridine rings is 10. The van der Waals surface area contributed by atoms with Crippen molar-refractivity contribution in [2.24, 2.45) is 11.5 Å². The molecule has 15 rings (SSSR count). The highest BCUT2D eigenvalue weighted by atomic mass is 15.0. The van der Waals surface area contributed by atoms with Gasteiger partial charge in [0.05, 0.1) is 23.3 Å². The van der Waals surface area contributed by atoms with E-state index in [0.717, 1.165) is 283 Å². The van der Waals surface area contributed by atoms with Crippen molar-refractivity contribution in [1.82, 2.24) is 49.8 Å². The number of nitrogens with two attached hydrogens (primary N) is 11. The highest BCUT2D eigenvalue weighted by Gasteiger charge is 2.15. The van der Waals surface area contributed by atoms with Gasteiger partial charge in [-0.3, -0.25) is 4.98 Å². The van der Waals surface area contributed by atoms with Crippen molar-refractivity contribution in [2.45, 2.75) is 217 Å². The number of aryl methyl sites for hydroxylation is 30. The maximum absolute atomic E-state index is 9.43. The van der Waals surface area contributed by atoms with Crippen LogP contribution < -0.4 is 68.4 Å². The molecule has 23 N–H and O–H groups in total. The number of hydrogen-bond acceptors (Lipinski definition) is 24. The van der Waals surface area contributed by atoms with E-state index in [4.69, 9.17) is 63.1 Å². The van der Waals surface area contributed by atoms with Crippen molar-refractivity contribution in [3.05, 3.63) is 409 Å². The molecule has 0 bridgehead atoms. The summed E-state index contributed by atoms with van der Waals surface area (Å²) in [7, 11) is 1.88. The Balaban J connectivity index is 0.000000169. The minimum atomic E-state index is 0.534. The maximum atomic E-state index is 9.43. The van der Waals surface area contributed by atoms with Crippen LogP contribution in [0.2, 0.25) is 0 Å². The molecule has 24 nitrogen and oxygen atoms in total. The summed E-state index contributed by atoms with van der Waals surface area (Å²) in [5.74, 6) is 5.49. The second-order valence-corrected chi connectivity index (χ2v) is 37.2. The highest BCUT2D eigenvalue weighted by Crippen LogP contribution is 2.26. The summed E-state index contributed by atoms with van der Waals surface area (Å²) in [5.41, 5.74) is 102. The second kappa shape index (κ2) is 53.4. The van der Waals surface area contributed by atoms with Crippen molar-refractivity contribution in [3.8, 4) is 12.1 Å². The van der Waals surface area contributed by atoms with Gasteiger partial charge >= 0.3 is 0 Å². The van der Waals surface area contributed by atoms with E-state index in [9.17, 15) is 10.5 Å². The Hall–Kier alpha value is -15.5. The molecular weight excluding hydrogens is 1740 g/mol. The largest absolute Gasteiger partial charge is 0.399 e.